The van der Waals surface area contributed by atoms with Gasteiger partial charge in [0.1, 0.15) is 0 Å². The number of anilines is 1. The molecule has 4 nitrogen and oxygen atoms in total. The van der Waals surface area contributed by atoms with Crippen molar-refractivity contribution in [2.75, 3.05) is 12.0 Å². The second kappa shape index (κ2) is 4.61. The van der Waals surface area contributed by atoms with Gasteiger partial charge < -0.3 is 15.0 Å². The number of nitrogen functional groups attached to an aromatic ring is 1. The highest BCUT2D eigenvalue weighted by Gasteiger charge is 2.51. The van der Waals surface area contributed by atoms with Crippen LogP contribution in [0.25, 0.3) is 0 Å². The molecule has 104 valence electrons. The molecule has 0 radical (unpaired) electrons. The van der Waals surface area contributed by atoms with Crippen molar-refractivity contribution >= 4 is 29.1 Å². The SMILES string of the molecule is CS(=O)c1cc(B2OC(C)(C)C(C)(C)O2)ccc1N. The van der Waals surface area contributed by atoms with E-state index < -0.39 is 17.9 Å². The van der Waals surface area contributed by atoms with Gasteiger partial charge in [0.25, 0.3) is 0 Å². The summed E-state index contributed by atoms with van der Waals surface area (Å²) >= 11 is 0. The molecule has 1 saturated heterocycles. The van der Waals surface area contributed by atoms with E-state index in [2.05, 4.69) is 0 Å². The van der Waals surface area contributed by atoms with E-state index in [-0.39, 0.29) is 11.2 Å². The van der Waals surface area contributed by atoms with E-state index in [1.807, 2.05) is 33.8 Å². The van der Waals surface area contributed by atoms with E-state index >= 15 is 0 Å². The molecule has 1 aliphatic rings. The summed E-state index contributed by atoms with van der Waals surface area (Å²) in [6, 6.07) is 5.40. The molecule has 6 heteroatoms. The average Bonchev–Trinajstić information content (AvgIpc) is 2.48. The number of rotatable bonds is 2. The monoisotopic (exact) mass is 281 g/mol. The van der Waals surface area contributed by atoms with Crippen molar-refractivity contribution in [3.05, 3.63) is 18.2 Å². The minimum atomic E-state index is -1.13. The fraction of sp³-hybridized carbons (Fsp3) is 0.538. The van der Waals surface area contributed by atoms with Crippen LogP contribution in [0.3, 0.4) is 0 Å². The molecule has 2 rings (SSSR count). The van der Waals surface area contributed by atoms with E-state index in [1.54, 1.807) is 18.4 Å². The van der Waals surface area contributed by atoms with E-state index in [0.717, 1.165) is 5.46 Å². The lowest BCUT2D eigenvalue weighted by Gasteiger charge is -2.32. The molecule has 0 aliphatic carbocycles. The van der Waals surface area contributed by atoms with Gasteiger partial charge in [-0.25, -0.2) is 0 Å². The minimum Gasteiger partial charge on any atom is -0.399 e. The summed E-state index contributed by atoms with van der Waals surface area (Å²) in [4.78, 5) is 0.618. The molecule has 1 unspecified atom stereocenters. The molecule has 1 aromatic rings. The highest BCUT2D eigenvalue weighted by atomic mass is 32.2. The third kappa shape index (κ3) is 2.57. The number of nitrogens with two attached hydrogens (primary N) is 1. The van der Waals surface area contributed by atoms with E-state index in [4.69, 9.17) is 15.0 Å². The van der Waals surface area contributed by atoms with Crippen LogP contribution in [-0.2, 0) is 20.1 Å². The summed E-state index contributed by atoms with van der Waals surface area (Å²) in [6.07, 6.45) is 1.61. The van der Waals surface area contributed by atoms with Crippen LogP contribution in [0.2, 0.25) is 0 Å². The van der Waals surface area contributed by atoms with Crippen LogP contribution in [0, 0.1) is 0 Å². The summed E-state index contributed by atoms with van der Waals surface area (Å²) in [7, 11) is -1.58. The second-order valence-corrected chi connectivity index (χ2v) is 7.19. The first-order valence-electron chi connectivity index (χ1n) is 6.22. The van der Waals surface area contributed by atoms with Crippen molar-refractivity contribution in [3.8, 4) is 0 Å². The highest BCUT2D eigenvalue weighted by Crippen LogP contribution is 2.36. The fourth-order valence-electron chi connectivity index (χ4n) is 1.93. The summed E-state index contributed by atoms with van der Waals surface area (Å²) in [5.74, 6) is 0. The summed E-state index contributed by atoms with van der Waals surface area (Å²) in [5, 5.41) is 0. The van der Waals surface area contributed by atoms with Crippen molar-refractivity contribution in [2.24, 2.45) is 0 Å². The smallest absolute Gasteiger partial charge is 0.399 e. The topological polar surface area (TPSA) is 61.5 Å². The van der Waals surface area contributed by atoms with Crippen LogP contribution in [0.1, 0.15) is 27.7 Å². The second-order valence-electron chi connectivity index (χ2n) is 5.84. The maximum absolute atomic E-state index is 11.6. The predicted octanol–water partition coefficient (Wildman–Crippen LogP) is 1.31. The third-order valence-electron chi connectivity index (χ3n) is 3.87. The molecular formula is C13H20BNO3S. The maximum Gasteiger partial charge on any atom is 0.494 e. The molecule has 1 aliphatic heterocycles. The first-order valence-corrected chi connectivity index (χ1v) is 7.78. The van der Waals surface area contributed by atoms with Crippen LogP contribution >= 0.6 is 0 Å². The molecule has 0 saturated carbocycles. The van der Waals surface area contributed by atoms with Gasteiger partial charge in [-0.3, -0.25) is 4.21 Å². The van der Waals surface area contributed by atoms with Gasteiger partial charge >= 0.3 is 7.12 Å². The van der Waals surface area contributed by atoms with Crippen molar-refractivity contribution in [2.45, 2.75) is 43.8 Å². The van der Waals surface area contributed by atoms with Crippen LogP contribution in [0.5, 0.6) is 0 Å². The van der Waals surface area contributed by atoms with Crippen LogP contribution in [-0.4, -0.2) is 28.8 Å². The van der Waals surface area contributed by atoms with Crippen molar-refractivity contribution < 1.29 is 13.5 Å². The van der Waals surface area contributed by atoms with Crippen LogP contribution in [0.15, 0.2) is 23.1 Å². The van der Waals surface area contributed by atoms with Gasteiger partial charge in [0.2, 0.25) is 0 Å². The van der Waals surface area contributed by atoms with E-state index in [9.17, 15) is 4.21 Å². The molecular weight excluding hydrogens is 261 g/mol. The lowest BCUT2D eigenvalue weighted by molar-refractivity contribution is 0.00578. The Balaban J connectivity index is 2.35. The molecule has 0 amide bonds. The molecule has 0 aromatic heterocycles. The predicted molar refractivity (Wildman–Crippen MR) is 78.9 cm³/mol. The Hall–Kier alpha value is -0.845. The lowest BCUT2D eigenvalue weighted by Crippen LogP contribution is -2.41. The third-order valence-corrected chi connectivity index (χ3v) is 4.85. The molecule has 19 heavy (non-hydrogen) atoms. The van der Waals surface area contributed by atoms with Gasteiger partial charge in [-0.05, 0) is 45.3 Å². The Bertz CT molecular complexity index is 515. The van der Waals surface area contributed by atoms with Gasteiger partial charge in [0.05, 0.1) is 26.9 Å². The van der Waals surface area contributed by atoms with E-state index in [0.29, 0.717) is 10.6 Å². The number of hydrogen-bond acceptors (Lipinski definition) is 4. The van der Waals surface area contributed by atoms with Gasteiger partial charge in [0.15, 0.2) is 0 Å². The summed E-state index contributed by atoms with van der Waals surface area (Å²) < 4.78 is 23.6. The molecule has 0 spiro atoms. The number of benzene rings is 1. The normalized spacial score (nSPS) is 22.5. The molecule has 1 heterocycles. The van der Waals surface area contributed by atoms with Gasteiger partial charge in [-0.2, -0.15) is 0 Å². The Kier molecular flexibility index (Phi) is 3.54. The molecule has 0 bridgehead atoms. The fourth-order valence-corrected chi connectivity index (χ4v) is 2.63. The van der Waals surface area contributed by atoms with Crippen molar-refractivity contribution in [1.29, 1.82) is 0 Å². The zero-order valence-electron chi connectivity index (χ0n) is 12.0. The van der Waals surface area contributed by atoms with Crippen molar-refractivity contribution in [3.63, 3.8) is 0 Å². The van der Waals surface area contributed by atoms with Gasteiger partial charge in [-0.1, -0.05) is 6.07 Å². The first kappa shape index (κ1) is 14.6. The average molecular weight is 281 g/mol. The first-order chi connectivity index (χ1) is 8.64. The van der Waals surface area contributed by atoms with Gasteiger partial charge in [0, 0.05) is 11.9 Å². The maximum atomic E-state index is 11.6. The van der Waals surface area contributed by atoms with Crippen LogP contribution in [0.4, 0.5) is 5.69 Å². The standard InChI is InChI=1S/C13H20BNO3S/c1-12(2)13(3,4)18-14(17-12)9-6-7-10(15)11(8-9)19(5)16/h6-8H,15H2,1-5H3. The van der Waals surface area contributed by atoms with Crippen LogP contribution < -0.4 is 11.2 Å². The van der Waals surface area contributed by atoms with Crippen molar-refractivity contribution in [1.82, 2.24) is 0 Å². The molecule has 1 aromatic carbocycles. The highest BCUT2D eigenvalue weighted by molar-refractivity contribution is 7.84. The zero-order valence-corrected chi connectivity index (χ0v) is 12.8. The Morgan fingerprint density at radius 1 is 1.16 bits per heavy atom. The quantitative estimate of drug-likeness (QED) is 0.655. The lowest BCUT2D eigenvalue weighted by atomic mass is 9.79. The summed E-state index contributed by atoms with van der Waals surface area (Å²) in [5.41, 5.74) is 6.43. The van der Waals surface area contributed by atoms with E-state index in [1.165, 1.54) is 0 Å². The number of hydrogen-bond donors (Lipinski definition) is 1. The summed E-state index contributed by atoms with van der Waals surface area (Å²) in [6.45, 7) is 8.01. The molecule has 2 N–H and O–H groups in total. The zero-order chi connectivity index (χ0) is 14.4. The van der Waals surface area contributed by atoms with Gasteiger partial charge in [-0.15, -0.1) is 0 Å². The largest absolute Gasteiger partial charge is 0.494 e. The Morgan fingerprint density at radius 2 is 1.68 bits per heavy atom. The molecule has 1 fully saturated rings. The Morgan fingerprint density at radius 3 is 2.16 bits per heavy atom. The minimum absolute atomic E-state index is 0.384. The Labute approximate surface area is 117 Å². The molecule has 1 atom stereocenters.